The predicted molar refractivity (Wildman–Crippen MR) is 127 cm³/mol. The number of carbonyl (C=O) groups excluding carboxylic acids is 2. The summed E-state index contributed by atoms with van der Waals surface area (Å²) in [6, 6.07) is 7.55. The fraction of sp³-hybridized carbons (Fsp3) is 0.480. The molecule has 1 aliphatic heterocycles. The van der Waals surface area contributed by atoms with E-state index in [1.165, 1.54) is 6.42 Å². The highest BCUT2D eigenvalue weighted by Gasteiger charge is 2.34. The first-order valence-corrected chi connectivity index (χ1v) is 11.8. The van der Waals surface area contributed by atoms with E-state index in [0.29, 0.717) is 22.2 Å². The summed E-state index contributed by atoms with van der Waals surface area (Å²) in [5.74, 6) is 0.373. The third-order valence-electron chi connectivity index (χ3n) is 6.74. The molecule has 2 amide bonds. The minimum Gasteiger partial charge on any atom is -0.337 e. The summed E-state index contributed by atoms with van der Waals surface area (Å²) in [6.45, 7) is 9.20. The van der Waals surface area contributed by atoms with Crippen molar-refractivity contribution in [2.24, 2.45) is 5.92 Å². The highest BCUT2D eigenvalue weighted by Crippen LogP contribution is 2.30. The number of halogens is 1. The Hall–Kier alpha value is -2.44. The number of pyridine rings is 1. The summed E-state index contributed by atoms with van der Waals surface area (Å²) in [6.07, 6.45) is 4.84. The molecule has 6 nitrogen and oxygen atoms in total. The molecule has 1 saturated carbocycles. The lowest BCUT2D eigenvalue weighted by atomic mass is 9.84. The van der Waals surface area contributed by atoms with Crippen LogP contribution >= 0.6 is 11.6 Å². The average Bonchev–Trinajstić information content (AvgIpc) is 2.70. The van der Waals surface area contributed by atoms with Crippen molar-refractivity contribution in [2.45, 2.75) is 52.6 Å². The SMILES string of the molecule is Cc1ccc(C(=O)Nc2cc(Cl)cc(CN3CCN(C(=O)C4CCC4)[C@@H](C)C3)c2C)cn1. The first-order valence-electron chi connectivity index (χ1n) is 11.4. The molecule has 0 bridgehead atoms. The number of nitrogens with zero attached hydrogens (tertiary/aromatic N) is 3. The maximum atomic E-state index is 12.7. The van der Waals surface area contributed by atoms with Crippen LogP contribution < -0.4 is 5.32 Å². The molecule has 2 aliphatic rings. The van der Waals surface area contributed by atoms with Gasteiger partial charge in [-0.3, -0.25) is 19.5 Å². The van der Waals surface area contributed by atoms with E-state index in [2.05, 4.69) is 27.0 Å². The molecular formula is C25H31ClN4O2. The number of hydrogen-bond donors (Lipinski definition) is 1. The zero-order chi connectivity index (χ0) is 22.8. The molecule has 1 N–H and O–H groups in total. The Labute approximate surface area is 195 Å². The van der Waals surface area contributed by atoms with Crippen LogP contribution in [0.3, 0.4) is 0 Å². The van der Waals surface area contributed by atoms with E-state index >= 15 is 0 Å². The molecule has 2 heterocycles. The summed E-state index contributed by atoms with van der Waals surface area (Å²) >= 11 is 6.41. The number of carbonyl (C=O) groups is 2. The zero-order valence-electron chi connectivity index (χ0n) is 19.0. The third kappa shape index (κ3) is 4.97. The Morgan fingerprint density at radius 3 is 2.59 bits per heavy atom. The van der Waals surface area contributed by atoms with Gasteiger partial charge in [0.2, 0.25) is 5.91 Å². The van der Waals surface area contributed by atoms with E-state index in [1.807, 2.05) is 26.0 Å². The summed E-state index contributed by atoms with van der Waals surface area (Å²) in [5, 5.41) is 3.58. The minimum atomic E-state index is -0.203. The topological polar surface area (TPSA) is 65.5 Å². The van der Waals surface area contributed by atoms with Gasteiger partial charge < -0.3 is 10.2 Å². The first-order chi connectivity index (χ1) is 15.3. The lowest BCUT2D eigenvalue weighted by Gasteiger charge is -2.42. The van der Waals surface area contributed by atoms with Gasteiger partial charge in [0, 0.05) is 60.7 Å². The lowest BCUT2D eigenvalue weighted by Crippen LogP contribution is -2.55. The van der Waals surface area contributed by atoms with Crippen LogP contribution in [0.5, 0.6) is 0 Å². The number of aromatic nitrogens is 1. The van der Waals surface area contributed by atoms with Crippen LogP contribution in [-0.4, -0.2) is 52.3 Å². The molecule has 2 fully saturated rings. The second kappa shape index (κ2) is 9.59. The van der Waals surface area contributed by atoms with Crippen LogP contribution in [0, 0.1) is 19.8 Å². The molecule has 32 heavy (non-hydrogen) atoms. The average molecular weight is 455 g/mol. The molecule has 0 spiro atoms. The van der Waals surface area contributed by atoms with Crippen LogP contribution in [0.4, 0.5) is 5.69 Å². The van der Waals surface area contributed by atoms with Crippen LogP contribution in [0.1, 0.15) is 53.4 Å². The number of anilines is 1. The van der Waals surface area contributed by atoms with Crippen molar-refractivity contribution in [3.8, 4) is 0 Å². The first kappa shape index (κ1) is 22.7. The Bertz CT molecular complexity index is 1000. The van der Waals surface area contributed by atoms with Gasteiger partial charge in [-0.25, -0.2) is 0 Å². The molecular weight excluding hydrogens is 424 g/mol. The Morgan fingerprint density at radius 1 is 1.19 bits per heavy atom. The van der Waals surface area contributed by atoms with Gasteiger partial charge >= 0.3 is 0 Å². The van der Waals surface area contributed by atoms with Crippen molar-refractivity contribution in [2.75, 3.05) is 25.0 Å². The monoisotopic (exact) mass is 454 g/mol. The van der Waals surface area contributed by atoms with Crippen LogP contribution in [0.2, 0.25) is 5.02 Å². The Morgan fingerprint density at radius 2 is 1.97 bits per heavy atom. The number of amides is 2. The molecule has 4 rings (SSSR count). The van der Waals surface area contributed by atoms with Crippen molar-refractivity contribution in [3.63, 3.8) is 0 Å². The van der Waals surface area contributed by atoms with Crippen molar-refractivity contribution < 1.29 is 9.59 Å². The quantitative estimate of drug-likeness (QED) is 0.725. The van der Waals surface area contributed by atoms with Crippen LogP contribution in [0.15, 0.2) is 30.5 Å². The van der Waals surface area contributed by atoms with Gasteiger partial charge in [-0.2, -0.15) is 0 Å². The van der Waals surface area contributed by atoms with Gasteiger partial charge in [0.25, 0.3) is 5.91 Å². The van der Waals surface area contributed by atoms with E-state index in [0.717, 1.165) is 55.8 Å². The number of rotatable bonds is 5. The molecule has 2 aromatic rings. The van der Waals surface area contributed by atoms with Gasteiger partial charge in [-0.05, 0) is 69.0 Å². The largest absolute Gasteiger partial charge is 0.337 e. The van der Waals surface area contributed by atoms with E-state index in [4.69, 9.17) is 11.6 Å². The smallest absolute Gasteiger partial charge is 0.257 e. The molecule has 0 unspecified atom stereocenters. The number of piperazine rings is 1. The summed E-state index contributed by atoms with van der Waals surface area (Å²) in [4.78, 5) is 34.0. The summed E-state index contributed by atoms with van der Waals surface area (Å²) < 4.78 is 0. The van der Waals surface area contributed by atoms with Crippen molar-refractivity contribution in [1.29, 1.82) is 0 Å². The van der Waals surface area contributed by atoms with Crippen molar-refractivity contribution in [3.05, 3.63) is 57.9 Å². The number of aryl methyl sites for hydroxylation is 1. The van der Waals surface area contributed by atoms with Gasteiger partial charge in [0.05, 0.1) is 5.56 Å². The van der Waals surface area contributed by atoms with E-state index in [1.54, 1.807) is 18.3 Å². The van der Waals surface area contributed by atoms with E-state index in [-0.39, 0.29) is 17.9 Å². The second-order valence-corrected chi connectivity index (χ2v) is 9.56. The lowest BCUT2D eigenvalue weighted by molar-refractivity contribution is -0.142. The van der Waals surface area contributed by atoms with E-state index in [9.17, 15) is 9.59 Å². The van der Waals surface area contributed by atoms with Crippen molar-refractivity contribution >= 4 is 29.1 Å². The van der Waals surface area contributed by atoms with Crippen LogP contribution in [0.25, 0.3) is 0 Å². The summed E-state index contributed by atoms with van der Waals surface area (Å²) in [7, 11) is 0. The Balaban J connectivity index is 1.43. The number of hydrogen-bond acceptors (Lipinski definition) is 4. The maximum Gasteiger partial charge on any atom is 0.257 e. The highest BCUT2D eigenvalue weighted by molar-refractivity contribution is 6.31. The molecule has 0 radical (unpaired) electrons. The Kier molecular flexibility index (Phi) is 6.82. The fourth-order valence-electron chi connectivity index (χ4n) is 4.46. The van der Waals surface area contributed by atoms with E-state index < -0.39 is 0 Å². The van der Waals surface area contributed by atoms with Gasteiger partial charge in [0.1, 0.15) is 0 Å². The second-order valence-electron chi connectivity index (χ2n) is 9.12. The normalized spacial score (nSPS) is 19.5. The highest BCUT2D eigenvalue weighted by atomic mass is 35.5. The van der Waals surface area contributed by atoms with Crippen LogP contribution in [-0.2, 0) is 11.3 Å². The number of nitrogens with one attached hydrogen (secondary N) is 1. The zero-order valence-corrected chi connectivity index (χ0v) is 19.8. The molecule has 170 valence electrons. The fourth-order valence-corrected chi connectivity index (χ4v) is 4.70. The van der Waals surface area contributed by atoms with Crippen molar-refractivity contribution in [1.82, 2.24) is 14.8 Å². The molecule has 1 aliphatic carbocycles. The maximum absolute atomic E-state index is 12.7. The summed E-state index contributed by atoms with van der Waals surface area (Å²) in [5.41, 5.74) is 4.18. The molecule has 1 aromatic carbocycles. The van der Waals surface area contributed by atoms with Gasteiger partial charge in [-0.15, -0.1) is 0 Å². The molecule has 7 heteroatoms. The third-order valence-corrected chi connectivity index (χ3v) is 6.96. The van der Waals surface area contributed by atoms with Gasteiger partial charge in [-0.1, -0.05) is 18.0 Å². The molecule has 1 atom stereocenters. The molecule has 1 saturated heterocycles. The predicted octanol–water partition coefficient (Wildman–Crippen LogP) is 4.44. The minimum absolute atomic E-state index is 0.199. The molecule has 1 aromatic heterocycles. The van der Waals surface area contributed by atoms with Gasteiger partial charge in [0.15, 0.2) is 0 Å². The standard InChI is InChI=1S/C25H31ClN4O2/c1-16-7-8-20(13-27-16)24(31)28-23-12-22(26)11-21(18(23)3)15-29-9-10-30(17(2)14-29)25(32)19-5-4-6-19/h7-8,11-13,17,19H,4-6,9-10,14-15H2,1-3H3,(H,28,31)/t17-/m0/s1. The number of benzene rings is 1.